The fraction of sp³-hybridized carbons (Fsp3) is 0.545. The van der Waals surface area contributed by atoms with Gasteiger partial charge in [-0.15, -0.1) is 0 Å². The van der Waals surface area contributed by atoms with E-state index in [-0.39, 0.29) is 6.04 Å². The van der Waals surface area contributed by atoms with E-state index in [0.29, 0.717) is 0 Å². The summed E-state index contributed by atoms with van der Waals surface area (Å²) in [5.74, 6) is 0.837. The highest BCUT2D eigenvalue weighted by Crippen LogP contribution is 2.21. The van der Waals surface area contributed by atoms with Gasteiger partial charge in [-0.1, -0.05) is 0 Å². The van der Waals surface area contributed by atoms with Crippen LogP contribution in [0.4, 0.5) is 0 Å². The van der Waals surface area contributed by atoms with E-state index in [2.05, 4.69) is 5.32 Å². The van der Waals surface area contributed by atoms with E-state index in [0.717, 1.165) is 17.1 Å². The second-order valence-corrected chi connectivity index (χ2v) is 3.82. The number of hydrogen-bond acceptors (Lipinski definition) is 3. The van der Waals surface area contributed by atoms with Crippen LogP contribution in [0.2, 0.25) is 0 Å². The molecule has 1 rings (SSSR count). The monoisotopic (exact) mass is 211 g/mol. The Balaban J connectivity index is 2.72. The zero-order valence-corrected chi connectivity index (χ0v) is 9.50. The van der Waals surface area contributed by atoms with Gasteiger partial charge in [0.25, 0.3) is 0 Å². The van der Waals surface area contributed by atoms with Crippen molar-refractivity contribution >= 4 is 5.97 Å². The highest BCUT2D eigenvalue weighted by molar-refractivity contribution is 5.72. The Morgan fingerprint density at radius 1 is 1.47 bits per heavy atom. The molecule has 15 heavy (non-hydrogen) atoms. The zero-order chi connectivity index (χ0) is 11.6. The maximum Gasteiger partial charge on any atom is 0.320 e. The largest absolute Gasteiger partial charge is 0.480 e. The Hall–Kier alpha value is -1.29. The van der Waals surface area contributed by atoms with Gasteiger partial charge in [0, 0.05) is 11.6 Å². The highest BCUT2D eigenvalue weighted by atomic mass is 16.4. The van der Waals surface area contributed by atoms with Crippen LogP contribution < -0.4 is 5.32 Å². The van der Waals surface area contributed by atoms with Gasteiger partial charge in [0.2, 0.25) is 0 Å². The normalized spacial score (nSPS) is 14.9. The van der Waals surface area contributed by atoms with Crippen LogP contribution >= 0.6 is 0 Å². The van der Waals surface area contributed by atoms with Gasteiger partial charge in [-0.2, -0.15) is 0 Å². The number of carboxylic acids is 1. The summed E-state index contributed by atoms with van der Waals surface area (Å²) in [7, 11) is 0. The second-order valence-electron chi connectivity index (χ2n) is 3.82. The van der Waals surface area contributed by atoms with E-state index in [1.807, 2.05) is 26.8 Å². The number of hydrogen-bond donors (Lipinski definition) is 2. The summed E-state index contributed by atoms with van der Waals surface area (Å²) < 4.78 is 5.39. The van der Waals surface area contributed by atoms with Gasteiger partial charge < -0.3 is 9.52 Å². The molecule has 1 aromatic heterocycles. The number of aliphatic carboxylic acids is 1. The average molecular weight is 211 g/mol. The molecule has 0 saturated carbocycles. The van der Waals surface area contributed by atoms with E-state index in [9.17, 15) is 4.79 Å². The van der Waals surface area contributed by atoms with E-state index in [1.54, 1.807) is 6.92 Å². The molecular formula is C11H17NO3. The first-order chi connectivity index (χ1) is 6.91. The molecule has 84 valence electrons. The predicted octanol–water partition coefficient (Wildman–Crippen LogP) is 2.02. The molecule has 0 bridgehead atoms. The number of carbonyl (C=O) groups is 1. The molecule has 0 radical (unpaired) electrons. The van der Waals surface area contributed by atoms with Gasteiger partial charge in [0.15, 0.2) is 0 Å². The first-order valence-electron chi connectivity index (χ1n) is 4.97. The number of carboxylic acid groups (broad SMARTS) is 1. The minimum atomic E-state index is -0.847. The van der Waals surface area contributed by atoms with Crippen LogP contribution in [0.1, 0.15) is 37.0 Å². The fourth-order valence-corrected chi connectivity index (χ4v) is 1.62. The summed E-state index contributed by atoms with van der Waals surface area (Å²) in [5, 5.41) is 11.8. The van der Waals surface area contributed by atoms with Crippen LogP contribution in [0.5, 0.6) is 0 Å². The first kappa shape index (κ1) is 11.8. The summed E-state index contributed by atoms with van der Waals surface area (Å²) in [6, 6.07) is 1.35. The zero-order valence-electron chi connectivity index (χ0n) is 9.50. The Kier molecular flexibility index (Phi) is 3.52. The average Bonchev–Trinajstić information content (AvgIpc) is 2.44. The quantitative estimate of drug-likeness (QED) is 0.799. The van der Waals surface area contributed by atoms with E-state index >= 15 is 0 Å². The molecule has 4 nitrogen and oxygen atoms in total. The third-order valence-corrected chi connectivity index (χ3v) is 2.42. The van der Waals surface area contributed by atoms with E-state index in [1.165, 1.54) is 0 Å². The number of furan rings is 1. The van der Waals surface area contributed by atoms with Gasteiger partial charge >= 0.3 is 5.97 Å². The van der Waals surface area contributed by atoms with Crippen molar-refractivity contribution in [3.05, 3.63) is 23.2 Å². The van der Waals surface area contributed by atoms with Crippen molar-refractivity contribution in [2.45, 2.75) is 39.8 Å². The minimum Gasteiger partial charge on any atom is -0.480 e. The molecule has 2 N–H and O–H groups in total. The molecule has 1 heterocycles. The summed E-state index contributed by atoms with van der Waals surface area (Å²) >= 11 is 0. The van der Waals surface area contributed by atoms with Crippen LogP contribution in [-0.2, 0) is 4.79 Å². The Labute approximate surface area is 89.3 Å². The molecule has 2 unspecified atom stereocenters. The van der Waals surface area contributed by atoms with Crippen molar-refractivity contribution < 1.29 is 14.3 Å². The molecule has 0 aliphatic carbocycles. The van der Waals surface area contributed by atoms with Gasteiger partial charge in [-0.3, -0.25) is 10.1 Å². The first-order valence-corrected chi connectivity index (χ1v) is 4.97. The molecule has 4 heteroatoms. The standard InChI is InChI=1S/C11H17NO3/c1-6-5-10(9(4)15-6)7(2)12-8(3)11(13)14/h5,7-8,12H,1-4H3,(H,13,14). The highest BCUT2D eigenvalue weighted by Gasteiger charge is 2.17. The lowest BCUT2D eigenvalue weighted by molar-refractivity contribution is -0.139. The number of aryl methyl sites for hydroxylation is 2. The summed E-state index contributed by atoms with van der Waals surface area (Å²) in [4.78, 5) is 10.7. The van der Waals surface area contributed by atoms with Crippen molar-refractivity contribution in [3.63, 3.8) is 0 Å². The topological polar surface area (TPSA) is 62.5 Å². The molecule has 0 aliphatic rings. The molecule has 2 atom stereocenters. The second kappa shape index (κ2) is 4.49. The Morgan fingerprint density at radius 3 is 2.47 bits per heavy atom. The number of rotatable bonds is 4. The maximum atomic E-state index is 10.7. The van der Waals surface area contributed by atoms with Crippen LogP contribution in [-0.4, -0.2) is 17.1 Å². The fourth-order valence-electron chi connectivity index (χ4n) is 1.62. The lowest BCUT2D eigenvalue weighted by Gasteiger charge is -2.16. The van der Waals surface area contributed by atoms with Crippen molar-refractivity contribution in [1.82, 2.24) is 5.32 Å². The molecular weight excluding hydrogens is 194 g/mol. The smallest absolute Gasteiger partial charge is 0.320 e. The molecule has 0 saturated heterocycles. The van der Waals surface area contributed by atoms with Crippen molar-refractivity contribution in [1.29, 1.82) is 0 Å². The lowest BCUT2D eigenvalue weighted by atomic mass is 10.1. The van der Waals surface area contributed by atoms with Gasteiger partial charge in [0.1, 0.15) is 17.6 Å². The Bertz CT molecular complexity index is 357. The summed E-state index contributed by atoms with van der Waals surface area (Å²) in [6.45, 7) is 7.31. The van der Waals surface area contributed by atoms with Gasteiger partial charge in [0.05, 0.1) is 0 Å². The summed E-state index contributed by atoms with van der Waals surface area (Å²) in [6.07, 6.45) is 0. The SMILES string of the molecule is Cc1cc(C(C)NC(C)C(=O)O)c(C)o1. The molecule has 0 aliphatic heterocycles. The lowest BCUT2D eigenvalue weighted by Crippen LogP contribution is -2.35. The van der Waals surface area contributed by atoms with Crippen molar-refractivity contribution in [2.75, 3.05) is 0 Å². The number of nitrogens with one attached hydrogen (secondary N) is 1. The maximum absolute atomic E-state index is 10.7. The molecule has 0 amide bonds. The van der Waals surface area contributed by atoms with Crippen molar-refractivity contribution in [2.24, 2.45) is 0 Å². The van der Waals surface area contributed by atoms with Crippen molar-refractivity contribution in [3.8, 4) is 0 Å². The minimum absolute atomic E-state index is 0.0199. The van der Waals surface area contributed by atoms with Gasteiger partial charge in [-0.25, -0.2) is 0 Å². The van der Waals surface area contributed by atoms with E-state index in [4.69, 9.17) is 9.52 Å². The molecule has 1 aromatic rings. The third-order valence-electron chi connectivity index (χ3n) is 2.42. The Morgan fingerprint density at radius 2 is 2.07 bits per heavy atom. The summed E-state index contributed by atoms with van der Waals surface area (Å²) in [5.41, 5.74) is 1.01. The predicted molar refractivity (Wildman–Crippen MR) is 56.8 cm³/mol. The van der Waals surface area contributed by atoms with E-state index < -0.39 is 12.0 Å². The molecule has 0 aromatic carbocycles. The molecule has 0 spiro atoms. The molecule has 0 fully saturated rings. The van der Waals surface area contributed by atoms with Crippen LogP contribution in [0, 0.1) is 13.8 Å². The van der Waals surface area contributed by atoms with Gasteiger partial charge in [-0.05, 0) is 33.8 Å². The third kappa shape index (κ3) is 2.83. The van der Waals surface area contributed by atoms with Crippen LogP contribution in [0.3, 0.4) is 0 Å². The van der Waals surface area contributed by atoms with Crippen LogP contribution in [0.25, 0.3) is 0 Å². The van der Waals surface area contributed by atoms with Crippen LogP contribution in [0.15, 0.2) is 10.5 Å².